The highest BCUT2D eigenvalue weighted by molar-refractivity contribution is 7.99. The van der Waals surface area contributed by atoms with Crippen LogP contribution in [0.25, 0.3) is 0 Å². The number of rotatable bonds is 5. The van der Waals surface area contributed by atoms with E-state index in [1.165, 1.54) is 11.8 Å². The number of benzene rings is 1. The van der Waals surface area contributed by atoms with Crippen LogP contribution in [0.5, 0.6) is 5.75 Å². The van der Waals surface area contributed by atoms with E-state index in [9.17, 15) is 4.79 Å². The summed E-state index contributed by atoms with van der Waals surface area (Å²) >= 11 is 1.33. The number of ether oxygens (including phenoxy) is 1. The third kappa shape index (κ3) is 3.54. The van der Waals surface area contributed by atoms with Crippen molar-refractivity contribution in [2.45, 2.75) is 12.1 Å². The topological polar surface area (TPSA) is 52.1 Å². The van der Waals surface area contributed by atoms with Gasteiger partial charge in [-0.1, -0.05) is 23.9 Å². The van der Waals surface area contributed by atoms with Crippen molar-refractivity contribution in [3.8, 4) is 5.75 Å². The monoisotopic (exact) mass is 274 g/mol. The van der Waals surface area contributed by atoms with Gasteiger partial charge in [-0.15, -0.1) is 0 Å². The Labute approximate surface area is 116 Å². The maximum Gasteiger partial charge on any atom is 0.188 e. The molecule has 19 heavy (non-hydrogen) atoms. The normalized spacial score (nSPS) is 10.2. The van der Waals surface area contributed by atoms with E-state index in [0.717, 1.165) is 5.69 Å². The summed E-state index contributed by atoms with van der Waals surface area (Å²) in [6.07, 6.45) is 1.69. The second kappa shape index (κ2) is 6.33. The minimum atomic E-state index is 0.00700. The molecule has 0 aliphatic heterocycles. The van der Waals surface area contributed by atoms with Gasteiger partial charge in [-0.05, 0) is 25.1 Å². The second-order valence-corrected chi connectivity index (χ2v) is 4.84. The molecule has 0 spiro atoms. The third-order valence-corrected chi connectivity index (χ3v) is 3.37. The van der Waals surface area contributed by atoms with Gasteiger partial charge in [-0.3, -0.25) is 4.79 Å². The maximum atomic E-state index is 12.1. The van der Waals surface area contributed by atoms with Gasteiger partial charge >= 0.3 is 0 Å². The van der Waals surface area contributed by atoms with Crippen LogP contribution in [0.15, 0.2) is 41.7 Å². The minimum Gasteiger partial charge on any atom is -0.496 e. The SMILES string of the molecule is COc1ccccc1C(=O)CSc1nccc(C)n1. The molecular formula is C14H14N2O2S. The highest BCUT2D eigenvalue weighted by Gasteiger charge is 2.12. The summed E-state index contributed by atoms with van der Waals surface area (Å²) in [5, 5.41) is 0.614. The number of thioether (sulfide) groups is 1. The van der Waals surface area contributed by atoms with Crippen molar-refractivity contribution in [3.05, 3.63) is 47.8 Å². The summed E-state index contributed by atoms with van der Waals surface area (Å²) in [6.45, 7) is 1.90. The molecule has 0 aliphatic carbocycles. The Morgan fingerprint density at radius 1 is 1.32 bits per heavy atom. The standard InChI is InChI=1S/C14H14N2O2S/c1-10-7-8-15-14(16-10)19-9-12(17)11-5-3-4-6-13(11)18-2/h3-8H,9H2,1-2H3. The van der Waals surface area contributed by atoms with Crippen LogP contribution in [0, 0.1) is 6.92 Å². The first-order valence-corrected chi connectivity index (χ1v) is 6.78. The van der Waals surface area contributed by atoms with Crippen LogP contribution in [0.3, 0.4) is 0 Å². The summed E-state index contributed by atoms with van der Waals surface area (Å²) in [5.41, 5.74) is 1.48. The zero-order valence-corrected chi connectivity index (χ0v) is 11.6. The number of methoxy groups -OCH3 is 1. The number of para-hydroxylation sites is 1. The molecule has 0 atom stereocenters. The summed E-state index contributed by atoms with van der Waals surface area (Å²) in [5.74, 6) is 0.898. The predicted octanol–water partition coefficient (Wildman–Crippen LogP) is 2.77. The van der Waals surface area contributed by atoms with Gasteiger partial charge in [0, 0.05) is 11.9 Å². The first-order valence-electron chi connectivity index (χ1n) is 5.79. The lowest BCUT2D eigenvalue weighted by Crippen LogP contribution is -2.05. The zero-order chi connectivity index (χ0) is 13.7. The van der Waals surface area contributed by atoms with Crippen molar-refractivity contribution >= 4 is 17.5 Å². The predicted molar refractivity (Wildman–Crippen MR) is 74.8 cm³/mol. The average molecular weight is 274 g/mol. The van der Waals surface area contributed by atoms with Gasteiger partial charge in [0.05, 0.1) is 18.4 Å². The van der Waals surface area contributed by atoms with E-state index < -0.39 is 0 Å². The van der Waals surface area contributed by atoms with E-state index >= 15 is 0 Å². The Morgan fingerprint density at radius 3 is 2.84 bits per heavy atom. The fraction of sp³-hybridized carbons (Fsp3) is 0.214. The molecule has 1 aromatic carbocycles. The second-order valence-electron chi connectivity index (χ2n) is 3.89. The molecule has 4 nitrogen and oxygen atoms in total. The lowest BCUT2D eigenvalue weighted by atomic mass is 10.1. The van der Waals surface area contributed by atoms with Crippen LogP contribution in [-0.2, 0) is 0 Å². The molecule has 0 fully saturated rings. The van der Waals surface area contributed by atoms with Gasteiger partial charge in [0.15, 0.2) is 10.9 Å². The highest BCUT2D eigenvalue weighted by atomic mass is 32.2. The van der Waals surface area contributed by atoms with E-state index in [0.29, 0.717) is 22.2 Å². The lowest BCUT2D eigenvalue weighted by Gasteiger charge is -2.06. The Hall–Kier alpha value is -1.88. The lowest BCUT2D eigenvalue weighted by molar-refractivity contribution is 0.101. The summed E-state index contributed by atoms with van der Waals surface area (Å²) in [4.78, 5) is 20.5. The zero-order valence-electron chi connectivity index (χ0n) is 10.8. The molecule has 0 unspecified atom stereocenters. The summed E-state index contributed by atoms with van der Waals surface area (Å²) < 4.78 is 5.18. The van der Waals surface area contributed by atoms with Gasteiger partial charge in [0.1, 0.15) is 5.75 Å². The van der Waals surface area contributed by atoms with Crippen molar-refractivity contribution < 1.29 is 9.53 Å². The third-order valence-electron chi connectivity index (χ3n) is 2.51. The van der Waals surface area contributed by atoms with Crippen LogP contribution in [0.1, 0.15) is 16.1 Å². The molecule has 0 saturated carbocycles. The van der Waals surface area contributed by atoms with Gasteiger partial charge in [-0.2, -0.15) is 0 Å². The molecule has 2 rings (SSSR count). The number of nitrogens with zero attached hydrogens (tertiary/aromatic N) is 2. The molecule has 0 bridgehead atoms. The summed E-state index contributed by atoms with van der Waals surface area (Å²) in [6, 6.07) is 9.03. The molecular weight excluding hydrogens is 260 g/mol. The number of aromatic nitrogens is 2. The number of Topliss-reactive ketones (excluding diaryl/α,β-unsaturated/α-hetero) is 1. The van der Waals surface area contributed by atoms with Gasteiger partial charge < -0.3 is 4.74 Å². The van der Waals surface area contributed by atoms with Crippen LogP contribution in [0.4, 0.5) is 0 Å². The van der Waals surface area contributed by atoms with Crippen molar-refractivity contribution in [2.75, 3.05) is 12.9 Å². The van der Waals surface area contributed by atoms with E-state index in [1.54, 1.807) is 25.4 Å². The van der Waals surface area contributed by atoms with Crippen molar-refractivity contribution in [3.63, 3.8) is 0 Å². The molecule has 5 heteroatoms. The van der Waals surface area contributed by atoms with Crippen molar-refractivity contribution in [1.82, 2.24) is 9.97 Å². The summed E-state index contributed by atoms with van der Waals surface area (Å²) in [7, 11) is 1.56. The average Bonchev–Trinajstić information content (AvgIpc) is 2.45. The van der Waals surface area contributed by atoms with Gasteiger partial charge in [0.25, 0.3) is 0 Å². The molecule has 98 valence electrons. The number of carbonyl (C=O) groups excluding carboxylic acids is 1. The highest BCUT2D eigenvalue weighted by Crippen LogP contribution is 2.21. The number of carbonyl (C=O) groups is 1. The van der Waals surface area contributed by atoms with Crippen LogP contribution < -0.4 is 4.74 Å². The first-order chi connectivity index (χ1) is 9.20. The van der Waals surface area contributed by atoms with E-state index in [1.807, 2.05) is 25.1 Å². The minimum absolute atomic E-state index is 0.00700. The largest absolute Gasteiger partial charge is 0.496 e. The molecule has 0 saturated heterocycles. The molecule has 1 heterocycles. The number of hydrogen-bond acceptors (Lipinski definition) is 5. The number of aryl methyl sites for hydroxylation is 1. The molecule has 0 N–H and O–H groups in total. The molecule has 0 aliphatic rings. The molecule has 1 aromatic heterocycles. The van der Waals surface area contributed by atoms with Crippen molar-refractivity contribution in [2.24, 2.45) is 0 Å². The van der Waals surface area contributed by atoms with E-state index in [2.05, 4.69) is 9.97 Å². The fourth-order valence-electron chi connectivity index (χ4n) is 1.58. The Balaban J connectivity index is 2.05. The van der Waals surface area contributed by atoms with Crippen LogP contribution in [-0.4, -0.2) is 28.6 Å². The number of hydrogen-bond donors (Lipinski definition) is 0. The van der Waals surface area contributed by atoms with Gasteiger partial charge in [0.2, 0.25) is 0 Å². The smallest absolute Gasteiger partial charge is 0.188 e. The Bertz CT molecular complexity index is 587. The Morgan fingerprint density at radius 2 is 2.11 bits per heavy atom. The van der Waals surface area contributed by atoms with Crippen LogP contribution >= 0.6 is 11.8 Å². The van der Waals surface area contributed by atoms with Crippen molar-refractivity contribution in [1.29, 1.82) is 0 Å². The van der Waals surface area contributed by atoms with E-state index in [-0.39, 0.29) is 5.78 Å². The molecule has 2 aromatic rings. The Kier molecular flexibility index (Phi) is 4.52. The quantitative estimate of drug-likeness (QED) is 0.477. The molecule has 0 amide bonds. The van der Waals surface area contributed by atoms with Gasteiger partial charge in [-0.25, -0.2) is 9.97 Å². The van der Waals surface area contributed by atoms with E-state index in [4.69, 9.17) is 4.74 Å². The first kappa shape index (κ1) is 13.5. The van der Waals surface area contributed by atoms with Crippen LogP contribution in [0.2, 0.25) is 0 Å². The maximum absolute atomic E-state index is 12.1. The fourth-order valence-corrected chi connectivity index (χ4v) is 2.34. The molecule has 0 radical (unpaired) electrons. The number of ketones is 1.